The van der Waals surface area contributed by atoms with Gasteiger partial charge in [0.25, 0.3) is 0 Å². The monoisotopic (exact) mass is 566 g/mol. The first-order valence-electron chi connectivity index (χ1n) is 13.6. The third kappa shape index (κ3) is 5.49. The van der Waals surface area contributed by atoms with Crippen LogP contribution in [-0.2, 0) is 47.7 Å². The zero-order valence-electron chi connectivity index (χ0n) is 24.8. The van der Waals surface area contributed by atoms with E-state index in [9.17, 15) is 29.1 Å². The van der Waals surface area contributed by atoms with Crippen molar-refractivity contribution in [1.82, 2.24) is 0 Å². The SMILES string of the molecule is COC(=O)[C@@H]1[C@@H](OC(C)=O)CC[C@]2(C)[C@@H]1C[C@]1(C(C)(C)O)C[C@H](OC(C)=O)C(C)=C1[C@@H](OC(C)=O)[C@@H]2OC(C)=O. The Morgan fingerprint density at radius 3 is 1.90 bits per heavy atom. The van der Waals surface area contributed by atoms with Gasteiger partial charge in [0.2, 0.25) is 0 Å². The van der Waals surface area contributed by atoms with Crippen LogP contribution < -0.4 is 0 Å². The fourth-order valence-corrected chi connectivity index (χ4v) is 7.53. The summed E-state index contributed by atoms with van der Waals surface area (Å²) in [5.74, 6) is -4.61. The van der Waals surface area contributed by atoms with Crippen LogP contribution in [0.2, 0.25) is 0 Å². The first-order valence-corrected chi connectivity index (χ1v) is 13.6. The molecule has 3 rings (SSSR count). The molecule has 11 heteroatoms. The van der Waals surface area contributed by atoms with Crippen LogP contribution >= 0.6 is 0 Å². The fraction of sp³-hybridized carbons (Fsp3) is 0.759. The predicted molar refractivity (Wildman–Crippen MR) is 139 cm³/mol. The Kier molecular flexibility index (Phi) is 8.79. The molecule has 0 radical (unpaired) electrons. The van der Waals surface area contributed by atoms with E-state index >= 15 is 0 Å². The highest BCUT2D eigenvalue weighted by Gasteiger charge is 2.68. The van der Waals surface area contributed by atoms with Crippen molar-refractivity contribution in [2.45, 2.75) is 111 Å². The van der Waals surface area contributed by atoms with E-state index in [0.717, 1.165) is 0 Å². The summed E-state index contributed by atoms with van der Waals surface area (Å²) in [4.78, 5) is 62.7. The second kappa shape index (κ2) is 11.1. The second-order valence-electron chi connectivity index (χ2n) is 12.2. The molecule has 0 unspecified atom stereocenters. The minimum Gasteiger partial charge on any atom is -0.469 e. The minimum absolute atomic E-state index is 0.139. The number of carbonyl (C=O) groups excluding carboxylic acids is 5. The van der Waals surface area contributed by atoms with Crippen molar-refractivity contribution in [3.8, 4) is 0 Å². The van der Waals surface area contributed by atoms with Crippen molar-refractivity contribution in [3.05, 3.63) is 11.1 Å². The van der Waals surface area contributed by atoms with Crippen molar-refractivity contribution in [2.24, 2.45) is 22.7 Å². The third-order valence-electron chi connectivity index (χ3n) is 9.24. The summed E-state index contributed by atoms with van der Waals surface area (Å²) in [5, 5.41) is 11.9. The standard InChI is InChI=1S/C29H42O11/c1-14-21(38-16(3)31)13-29(27(6,7)35)12-19-22(26(34)36-9)20(37-15(2)30)10-11-28(19,8)25(40-18(5)33)24(23(14)29)39-17(4)32/h19-22,24-25,35H,10-13H2,1-9H3/t19-,20+,21+,22+,24-,25+,28-,29+/m1/s1. The molecule has 224 valence electrons. The van der Waals surface area contributed by atoms with Crippen LogP contribution in [0, 0.1) is 22.7 Å². The first-order chi connectivity index (χ1) is 18.4. The summed E-state index contributed by atoms with van der Waals surface area (Å²) in [7, 11) is 1.24. The molecule has 2 fully saturated rings. The van der Waals surface area contributed by atoms with E-state index in [-0.39, 0.29) is 19.3 Å². The summed E-state index contributed by atoms with van der Waals surface area (Å²) in [6.45, 7) is 11.9. The lowest BCUT2D eigenvalue weighted by atomic mass is 9.55. The molecule has 0 spiro atoms. The van der Waals surface area contributed by atoms with Crippen molar-refractivity contribution in [3.63, 3.8) is 0 Å². The highest BCUT2D eigenvalue weighted by Crippen LogP contribution is 2.65. The van der Waals surface area contributed by atoms with Gasteiger partial charge in [0, 0.05) is 44.9 Å². The Morgan fingerprint density at radius 2 is 1.43 bits per heavy atom. The summed E-state index contributed by atoms with van der Waals surface area (Å²) < 4.78 is 28.4. The zero-order chi connectivity index (χ0) is 30.4. The molecule has 3 aliphatic rings. The average molecular weight is 567 g/mol. The van der Waals surface area contributed by atoms with Crippen LogP contribution in [0.5, 0.6) is 0 Å². The number of esters is 5. The molecule has 8 atom stereocenters. The topological polar surface area (TPSA) is 152 Å². The minimum atomic E-state index is -1.49. The highest BCUT2D eigenvalue weighted by atomic mass is 16.6. The van der Waals surface area contributed by atoms with Crippen LogP contribution in [0.3, 0.4) is 0 Å². The lowest BCUT2D eigenvalue weighted by molar-refractivity contribution is -0.195. The smallest absolute Gasteiger partial charge is 0.312 e. The lowest BCUT2D eigenvalue weighted by Crippen LogP contribution is -2.57. The summed E-state index contributed by atoms with van der Waals surface area (Å²) in [6.07, 6.45) is -2.92. The molecular formula is C29H42O11. The van der Waals surface area contributed by atoms with Gasteiger partial charge in [0.15, 0.2) is 6.10 Å². The van der Waals surface area contributed by atoms with Gasteiger partial charge in [-0.1, -0.05) is 6.92 Å². The molecule has 1 N–H and O–H groups in total. The number of hydrogen-bond donors (Lipinski definition) is 1. The third-order valence-corrected chi connectivity index (χ3v) is 9.24. The molecule has 0 amide bonds. The van der Waals surface area contributed by atoms with Crippen LogP contribution in [0.1, 0.15) is 81.1 Å². The van der Waals surface area contributed by atoms with Gasteiger partial charge in [-0.2, -0.15) is 0 Å². The van der Waals surface area contributed by atoms with Crippen LogP contribution in [0.4, 0.5) is 0 Å². The first kappa shape index (κ1) is 31.6. The van der Waals surface area contributed by atoms with Gasteiger partial charge in [-0.05, 0) is 57.1 Å². The van der Waals surface area contributed by atoms with Crippen molar-refractivity contribution in [1.29, 1.82) is 0 Å². The molecule has 0 saturated heterocycles. The Morgan fingerprint density at radius 1 is 0.875 bits per heavy atom. The van der Waals surface area contributed by atoms with E-state index in [1.807, 2.05) is 6.92 Å². The molecule has 0 heterocycles. The Hall–Kier alpha value is -2.95. The van der Waals surface area contributed by atoms with Gasteiger partial charge in [-0.3, -0.25) is 24.0 Å². The van der Waals surface area contributed by atoms with E-state index in [1.165, 1.54) is 34.8 Å². The maximum atomic E-state index is 13.4. The Labute approximate surface area is 234 Å². The average Bonchev–Trinajstić information content (AvgIpc) is 3.04. The number of carbonyl (C=O) groups is 5. The van der Waals surface area contributed by atoms with E-state index in [2.05, 4.69) is 0 Å². The Balaban J connectivity index is 2.41. The second-order valence-corrected chi connectivity index (χ2v) is 12.2. The van der Waals surface area contributed by atoms with E-state index in [1.54, 1.807) is 20.8 Å². The molecule has 3 aliphatic carbocycles. The maximum Gasteiger partial charge on any atom is 0.312 e. The zero-order valence-corrected chi connectivity index (χ0v) is 24.8. The van der Waals surface area contributed by atoms with Gasteiger partial charge >= 0.3 is 29.8 Å². The van der Waals surface area contributed by atoms with Gasteiger partial charge in [-0.25, -0.2) is 0 Å². The van der Waals surface area contributed by atoms with Gasteiger partial charge < -0.3 is 28.8 Å². The molecule has 0 aromatic heterocycles. The number of ether oxygens (including phenoxy) is 5. The van der Waals surface area contributed by atoms with Crippen molar-refractivity contribution < 1.29 is 52.8 Å². The van der Waals surface area contributed by atoms with Crippen LogP contribution in [0.15, 0.2) is 11.1 Å². The number of fused-ring (bicyclic) bond motifs is 2. The quantitative estimate of drug-likeness (QED) is 0.287. The number of rotatable bonds is 6. The molecule has 0 aliphatic heterocycles. The number of aliphatic hydroxyl groups is 1. The highest BCUT2D eigenvalue weighted by molar-refractivity contribution is 5.75. The summed E-state index contributed by atoms with van der Waals surface area (Å²) in [5.41, 5.74) is -2.58. The predicted octanol–water partition coefficient (Wildman–Crippen LogP) is 2.80. The molecule has 11 nitrogen and oxygen atoms in total. The van der Waals surface area contributed by atoms with Crippen molar-refractivity contribution in [2.75, 3.05) is 7.11 Å². The summed E-state index contributed by atoms with van der Waals surface area (Å²) in [6, 6.07) is 0. The van der Waals surface area contributed by atoms with Gasteiger partial charge in [0.1, 0.15) is 18.3 Å². The fourth-order valence-electron chi connectivity index (χ4n) is 7.53. The molecule has 40 heavy (non-hydrogen) atoms. The van der Waals surface area contributed by atoms with Gasteiger partial charge in [0.05, 0.1) is 18.6 Å². The molecule has 2 saturated carbocycles. The van der Waals surface area contributed by atoms with E-state index in [4.69, 9.17) is 23.7 Å². The maximum absolute atomic E-state index is 13.4. The van der Waals surface area contributed by atoms with E-state index in [0.29, 0.717) is 17.6 Å². The van der Waals surface area contributed by atoms with E-state index < -0.39 is 82.5 Å². The summed E-state index contributed by atoms with van der Waals surface area (Å²) >= 11 is 0. The molecule has 0 aromatic carbocycles. The number of hydrogen-bond acceptors (Lipinski definition) is 11. The lowest BCUT2D eigenvalue weighted by Gasteiger charge is -2.52. The molecular weight excluding hydrogens is 524 g/mol. The molecule has 0 aromatic rings. The number of methoxy groups -OCH3 is 1. The molecule has 0 bridgehead atoms. The Bertz CT molecular complexity index is 1100. The van der Waals surface area contributed by atoms with Crippen LogP contribution in [-0.4, -0.2) is 72.1 Å². The van der Waals surface area contributed by atoms with Crippen molar-refractivity contribution >= 4 is 29.8 Å². The van der Waals surface area contributed by atoms with Gasteiger partial charge in [-0.15, -0.1) is 0 Å². The largest absolute Gasteiger partial charge is 0.469 e. The van der Waals surface area contributed by atoms with Crippen LogP contribution in [0.25, 0.3) is 0 Å². The normalized spacial score (nSPS) is 35.5.